The minimum atomic E-state index is -1.17. The Morgan fingerprint density at radius 3 is 2.35 bits per heavy atom. The monoisotopic (exact) mass is 427 g/mol. The normalized spacial score (nSPS) is 24.7. The van der Waals surface area contributed by atoms with Gasteiger partial charge in [-0.1, -0.05) is 43.2 Å². The molecule has 4 rings (SSSR count). The Hall–Kier alpha value is -3.43. The minimum Gasteiger partial charge on any atom is -0.323 e. The van der Waals surface area contributed by atoms with E-state index in [2.05, 4.69) is 16.1 Å². The van der Waals surface area contributed by atoms with Gasteiger partial charge in [0.2, 0.25) is 0 Å². The third-order valence-electron chi connectivity index (χ3n) is 6.26. The highest BCUT2D eigenvalue weighted by molar-refractivity contribution is 6.10. The molecule has 10 heteroatoms. The van der Waals surface area contributed by atoms with E-state index < -0.39 is 47.4 Å². The van der Waals surface area contributed by atoms with Crippen molar-refractivity contribution >= 4 is 29.8 Å². The number of amides is 7. The molecule has 1 aliphatic carbocycles. The molecule has 3 aliphatic rings. The average molecular weight is 427 g/mol. The van der Waals surface area contributed by atoms with Crippen molar-refractivity contribution in [2.24, 2.45) is 0 Å². The number of hydrogen-bond acceptors (Lipinski definition) is 5. The molecule has 1 spiro atoms. The van der Waals surface area contributed by atoms with Crippen molar-refractivity contribution < 1.29 is 24.0 Å². The number of carbonyl (C=O) groups excluding carboxylic acids is 5. The molecular weight excluding hydrogens is 402 g/mol. The number of carbonyl (C=O) groups is 5. The molecule has 2 heterocycles. The van der Waals surface area contributed by atoms with Crippen molar-refractivity contribution in [2.45, 2.75) is 56.5 Å². The lowest BCUT2D eigenvalue weighted by Gasteiger charge is -2.22. The molecule has 1 aromatic rings. The summed E-state index contributed by atoms with van der Waals surface area (Å²) >= 11 is 0. The topological polar surface area (TPSA) is 128 Å². The van der Waals surface area contributed by atoms with Crippen LogP contribution in [0, 0.1) is 0 Å². The van der Waals surface area contributed by atoms with Gasteiger partial charge in [-0.05, 0) is 38.2 Å². The Bertz CT molecular complexity index is 943. The van der Waals surface area contributed by atoms with Crippen molar-refractivity contribution in [3.8, 4) is 0 Å². The highest BCUT2D eigenvalue weighted by atomic mass is 16.2. The van der Waals surface area contributed by atoms with Crippen molar-refractivity contribution in [3.63, 3.8) is 0 Å². The van der Waals surface area contributed by atoms with Crippen LogP contribution in [0.5, 0.6) is 0 Å². The van der Waals surface area contributed by atoms with E-state index in [0.29, 0.717) is 30.7 Å². The summed E-state index contributed by atoms with van der Waals surface area (Å²) in [6.45, 7) is 1.04. The van der Waals surface area contributed by atoms with Gasteiger partial charge in [0.05, 0.1) is 0 Å². The number of nitrogens with one attached hydrogen (secondary N) is 3. The predicted octanol–water partition coefficient (Wildman–Crippen LogP) is 0.826. The van der Waals surface area contributed by atoms with E-state index in [1.807, 2.05) is 30.3 Å². The van der Waals surface area contributed by atoms with Crippen LogP contribution in [0.2, 0.25) is 0 Å². The van der Waals surface area contributed by atoms with Gasteiger partial charge in [-0.3, -0.25) is 24.7 Å². The first-order chi connectivity index (χ1) is 14.7. The number of urea groups is 2. The summed E-state index contributed by atoms with van der Waals surface area (Å²) in [5.74, 6) is -1.82. The van der Waals surface area contributed by atoms with Crippen LogP contribution in [-0.2, 0) is 20.8 Å². The zero-order valence-electron chi connectivity index (χ0n) is 17.3. The van der Waals surface area contributed by atoms with Crippen LogP contribution in [0.25, 0.3) is 0 Å². The number of hydrogen-bond donors (Lipinski definition) is 3. The Morgan fingerprint density at radius 2 is 1.68 bits per heavy atom. The van der Waals surface area contributed by atoms with Crippen LogP contribution in [0.4, 0.5) is 9.59 Å². The molecule has 1 saturated carbocycles. The Balaban J connectivity index is 1.37. The standard InChI is InChI=1S/C21H25N5O5/c1-20(12-9-14-7-3-2-4-8-14)16(28)26(19(31)22-20)24-15(27)13-25-17(29)21(23-18(25)30)10-5-6-11-21/h2-4,7-8H,5-6,9-13H2,1H3,(H,22,31)(H,23,30)(H,24,27)/t20-/m1/s1. The fourth-order valence-electron chi connectivity index (χ4n) is 4.44. The molecule has 31 heavy (non-hydrogen) atoms. The van der Waals surface area contributed by atoms with E-state index in [-0.39, 0.29) is 0 Å². The first-order valence-corrected chi connectivity index (χ1v) is 10.4. The first-order valence-electron chi connectivity index (χ1n) is 10.4. The number of nitrogens with zero attached hydrogens (tertiary/aromatic N) is 2. The molecule has 164 valence electrons. The summed E-state index contributed by atoms with van der Waals surface area (Å²) in [5, 5.41) is 5.93. The molecule has 0 aromatic heterocycles. The molecule has 1 atom stereocenters. The highest BCUT2D eigenvalue weighted by Gasteiger charge is 2.53. The van der Waals surface area contributed by atoms with Gasteiger partial charge in [0.1, 0.15) is 17.6 Å². The fraction of sp³-hybridized carbons (Fsp3) is 0.476. The summed E-state index contributed by atoms with van der Waals surface area (Å²) in [4.78, 5) is 63.4. The molecular formula is C21H25N5O5. The van der Waals surface area contributed by atoms with Crippen molar-refractivity contribution in [2.75, 3.05) is 6.54 Å². The van der Waals surface area contributed by atoms with Gasteiger partial charge in [-0.15, -0.1) is 0 Å². The Morgan fingerprint density at radius 1 is 1.00 bits per heavy atom. The van der Waals surface area contributed by atoms with E-state index in [4.69, 9.17) is 0 Å². The summed E-state index contributed by atoms with van der Waals surface area (Å²) < 4.78 is 0. The lowest BCUT2D eigenvalue weighted by Crippen LogP contribution is -2.52. The SMILES string of the molecule is C[C@]1(CCc2ccccc2)NC(=O)N(NC(=O)CN2C(=O)NC3(CCCC3)C2=O)C1=O. The van der Waals surface area contributed by atoms with Gasteiger partial charge >= 0.3 is 12.1 Å². The molecule has 2 saturated heterocycles. The molecule has 10 nitrogen and oxygen atoms in total. The van der Waals surface area contributed by atoms with Gasteiger partial charge in [0.25, 0.3) is 17.7 Å². The van der Waals surface area contributed by atoms with Crippen molar-refractivity contribution in [3.05, 3.63) is 35.9 Å². The maximum absolute atomic E-state index is 12.8. The third kappa shape index (κ3) is 3.73. The van der Waals surface area contributed by atoms with E-state index in [1.165, 1.54) is 0 Å². The molecule has 0 bridgehead atoms. The molecule has 7 amide bonds. The smallest absolute Gasteiger partial charge is 0.323 e. The number of hydrazine groups is 1. The molecule has 1 aromatic carbocycles. The average Bonchev–Trinajstić information content (AvgIpc) is 3.37. The summed E-state index contributed by atoms with van der Waals surface area (Å²) in [6, 6.07) is 8.16. The van der Waals surface area contributed by atoms with Crippen LogP contribution >= 0.6 is 0 Å². The van der Waals surface area contributed by atoms with E-state index in [1.54, 1.807) is 6.92 Å². The molecule has 3 fully saturated rings. The van der Waals surface area contributed by atoms with Gasteiger partial charge in [-0.25, -0.2) is 9.59 Å². The van der Waals surface area contributed by atoms with Gasteiger partial charge in [0, 0.05) is 0 Å². The fourth-order valence-corrected chi connectivity index (χ4v) is 4.44. The highest BCUT2D eigenvalue weighted by Crippen LogP contribution is 2.34. The molecule has 0 radical (unpaired) electrons. The second kappa shape index (κ2) is 7.68. The van der Waals surface area contributed by atoms with Crippen LogP contribution < -0.4 is 16.1 Å². The Labute approximate surface area is 179 Å². The second-order valence-corrected chi connectivity index (χ2v) is 8.53. The zero-order chi connectivity index (χ0) is 22.2. The maximum atomic E-state index is 12.8. The number of imide groups is 2. The second-order valence-electron chi connectivity index (χ2n) is 8.53. The number of benzene rings is 1. The lowest BCUT2D eigenvalue weighted by molar-refractivity contribution is -0.140. The van der Waals surface area contributed by atoms with Crippen LogP contribution in [0.1, 0.15) is 44.6 Å². The van der Waals surface area contributed by atoms with Crippen LogP contribution in [-0.4, -0.2) is 57.3 Å². The Kier molecular flexibility index (Phi) is 5.16. The van der Waals surface area contributed by atoms with Crippen molar-refractivity contribution in [1.82, 2.24) is 26.0 Å². The van der Waals surface area contributed by atoms with E-state index in [9.17, 15) is 24.0 Å². The predicted molar refractivity (Wildman–Crippen MR) is 108 cm³/mol. The van der Waals surface area contributed by atoms with Crippen LogP contribution in [0.3, 0.4) is 0 Å². The molecule has 3 N–H and O–H groups in total. The molecule has 2 aliphatic heterocycles. The molecule has 0 unspecified atom stereocenters. The maximum Gasteiger partial charge on any atom is 0.344 e. The first kappa shape index (κ1) is 20.8. The number of rotatable bonds is 6. The summed E-state index contributed by atoms with van der Waals surface area (Å²) in [6.07, 6.45) is 3.66. The summed E-state index contributed by atoms with van der Waals surface area (Å²) in [5.41, 5.74) is 1.16. The quantitative estimate of drug-likeness (QED) is 0.579. The van der Waals surface area contributed by atoms with Gasteiger partial charge in [-0.2, -0.15) is 5.01 Å². The minimum absolute atomic E-state index is 0.351. The van der Waals surface area contributed by atoms with E-state index >= 15 is 0 Å². The van der Waals surface area contributed by atoms with Gasteiger partial charge < -0.3 is 10.6 Å². The third-order valence-corrected chi connectivity index (χ3v) is 6.26. The zero-order valence-corrected chi connectivity index (χ0v) is 17.3. The summed E-state index contributed by atoms with van der Waals surface area (Å²) in [7, 11) is 0. The number of aryl methyl sites for hydroxylation is 1. The van der Waals surface area contributed by atoms with Crippen molar-refractivity contribution in [1.29, 1.82) is 0 Å². The van der Waals surface area contributed by atoms with Crippen LogP contribution in [0.15, 0.2) is 30.3 Å². The largest absolute Gasteiger partial charge is 0.344 e. The van der Waals surface area contributed by atoms with Gasteiger partial charge in [0.15, 0.2) is 0 Å². The lowest BCUT2D eigenvalue weighted by atomic mass is 9.93. The van der Waals surface area contributed by atoms with E-state index in [0.717, 1.165) is 23.3 Å².